The van der Waals surface area contributed by atoms with E-state index >= 15 is 0 Å². The van der Waals surface area contributed by atoms with Crippen molar-refractivity contribution in [3.05, 3.63) is 12.2 Å². The van der Waals surface area contributed by atoms with Crippen LogP contribution in [0.15, 0.2) is 6.33 Å². The molecular formula is C19H28N5O7P. The molecule has 2 fully saturated rings. The highest BCUT2D eigenvalue weighted by Gasteiger charge is 2.48. The Morgan fingerprint density at radius 1 is 1.34 bits per heavy atom. The Labute approximate surface area is 185 Å². The van der Waals surface area contributed by atoms with E-state index in [0.29, 0.717) is 35.6 Å². The van der Waals surface area contributed by atoms with Crippen molar-refractivity contribution in [1.29, 1.82) is 0 Å². The molecule has 4 heterocycles. The lowest BCUT2D eigenvalue weighted by Crippen LogP contribution is -2.33. The summed E-state index contributed by atoms with van der Waals surface area (Å²) in [5.74, 6) is 0.0987. The van der Waals surface area contributed by atoms with Gasteiger partial charge in [-0.15, -0.1) is 0 Å². The number of anilines is 1. The maximum Gasteiger partial charge on any atom is 0.475 e. The summed E-state index contributed by atoms with van der Waals surface area (Å²) in [6.45, 7) is 7.14. The van der Waals surface area contributed by atoms with Crippen molar-refractivity contribution in [3.8, 4) is 0 Å². The Hall–Kier alpha value is -2.11. The summed E-state index contributed by atoms with van der Waals surface area (Å²) in [5.41, 5.74) is 6.98. The number of fused-ring (bicyclic) bond motifs is 2. The lowest BCUT2D eigenvalue weighted by molar-refractivity contribution is -0.152. The molecule has 2 aliphatic heterocycles. The van der Waals surface area contributed by atoms with Crippen molar-refractivity contribution < 1.29 is 32.4 Å². The van der Waals surface area contributed by atoms with E-state index in [2.05, 4.69) is 15.0 Å². The van der Waals surface area contributed by atoms with Crippen molar-refractivity contribution in [1.82, 2.24) is 19.5 Å². The molecule has 2 aromatic heterocycles. The number of hydrogen-bond acceptors (Lipinski definition) is 11. The minimum absolute atomic E-state index is 0.0367. The van der Waals surface area contributed by atoms with Gasteiger partial charge in [-0.2, -0.15) is 0 Å². The van der Waals surface area contributed by atoms with Crippen molar-refractivity contribution in [2.75, 3.05) is 18.9 Å². The lowest BCUT2D eigenvalue weighted by atomic mass is 10.1. The first-order valence-corrected chi connectivity index (χ1v) is 12.0. The van der Waals surface area contributed by atoms with Crippen LogP contribution >= 0.6 is 7.82 Å². The largest absolute Gasteiger partial charge is 0.475 e. The number of carbonyl (C=O) groups is 1. The van der Waals surface area contributed by atoms with Gasteiger partial charge in [-0.05, 0) is 27.2 Å². The van der Waals surface area contributed by atoms with Crippen LogP contribution in [0.1, 0.15) is 45.7 Å². The van der Waals surface area contributed by atoms with Crippen LogP contribution in [0.5, 0.6) is 0 Å². The van der Waals surface area contributed by atoms with E-state index in [4.69, 9.17) is 28.8 Å². The number of esters is 1. The highest BCUT2D eigenvalue weighted by molar-refractivity contribution is 7.48. The molecule has 0 bridgehead atoms. The number of carbonyl (C=O) groups excluding carboxylic acids is 1. The third kappa shape index (κ3) is 4.79. The smallest absolute Gasteiger partial charge is 0.463 e. The average molecular weight is 469 g/mol. The summed E-state index contributed by atoms with van der Waals surface area (Å²) in [5, 5.41) is 0. The molecule has 2 aromatic rings. The van der Waals surface area contributed by atoms with Gasteiger partial charge >= 0.3 is 13.8 Å². The molecule has 0 unspecified atom stereocenters. The summed E-state index contributed by atoms with van der Waals surface area (Å²) in [6, 6.07) is 0. The zero-order valence-electron chi connectivity index (χ0n) is 18.5. The Kier molecular flexibility index (Phi) is 6.51. The maximum atomic E-state index is 12.9. The van der Waals surface area contributed by atoms with Crippen LogP contribution in [-0.2, 0) is 32.4 Å². The number of nitrogens with zero attached hydrogens (tertiary/aromatic N) is 4. The zero-order valence-corrected chi connectivity index (χ0v) is 19.4. The third-order valence-electron chi connectivity index (χ3n) is 5.27. The van der Waals surface area contributed by atoms with Gasteiger partial charge in [0.05, 0.1) is 31.6 Å². The predicted octanol–water partition coefficient (Wildman–Crippen LogP) is 2.52. The van der Waals surface area contributed by atoms with E-state index in [9.17, 15) is 9.36 Å². The van der Waals surface area contributed by atoms with Crippen molar-refractivity contribution in [3.63, 3.8) is 0 Å². The summed E-state index contributed by atoms with van der Waals surface area (Å²) in [7, 11) is -3.77. The van der Waals surface area contributed by atoms with Crippen molar-refractivity contribution in [2.45, 2.75) is 65.1 Å². The van der Waals surface area contributed by atoms with E-state index in [-0.39, 0.29) is 25.3 Å². The Morgan fingerprint density at radius 3 is 2.88 bits per heavy atom. The minimum atomic E-state index is -3.77. The fourth-order valence-electron chi connectivity index (χ4n) is 3.63. The predicted molar refractivity (Wildman–Crippen MR) is 112 cm³/mol. The van der Waals surface area contributed by atoms with Crippen LogP contribution in [-0.4, -0.2) is 57.0 Å². The summed E-state index contributed by atoms with van der Waals surface area (Å²) >= 11 is 0. The third-order valence-corrected chi connectivity index (χ3v) is 6.76. The lowest BCUT2D eigenvalue weighted by Gasteiger charge is -2.30. The van der Waals surface area contributed by atoms with E-state index in [0.717, 1.165) is 0 Å². The first kappa shape index (κ1) is 23.1. The second kappa shape index (κ2) is 9.03. The molecule has 13 heteroatoms. The van der Waals surface area contributed by atoms with Crippen LogP contribution in [0.4, 0.5) is 5.82 Å². The Balaban J connectivity index is 1.36. The fraction of sp³-hybridized carbons (Fsp3) is 0.684. The first-order valence-electron chi connectivity index (χ1n) is 10.6. The number of nitrogens with two attached hydrogens (primary N) is 1. The van der Waals surface area contributed by atoms with Crippen LogP contribution in [0, 0.1) is 12.8 Å². The van der Waals surface area contributed by atoms with Crippen molar-refractivity contribution in [2.24, 2.45) is 5.92 Å². The van der Waals surface area contributed by atoms with E-state index in [1.54, 1.807) is 38.6 Å². The van der Waals surface area contributed by atoms with Gasteiger partial charge in [0.1, 0.15) is 29.8 Å². The van der Waals surface area contributed by atoms with E-state index < -0.39 is 32.2 Å². The van der Waals surface area contributed by atoms with Gasteiger partial charge in [0.25, 0.3) is 0 Å². The topological polar surface area (TPSA) is 150 Å². The van der Waals surface area contributed by atoms with Gasteiger partial charge in [0.15, 0.2) is 11.5 Å². The second-order valence-electron chi connectivity index (χ2n) is 8.24. The van der Waals surface area contributed by atoms with Gasteiger partial charge in [0, 0.05) is 6.42 Å². The molecule has 2 N–H and O–H groups in total. The van der Waals surface area contributed by atoms with Gasteiger partial charge in [0.2, 0.25) is 0 Å². The van der Waals surface area contributed by atoms with Crippen molar-refractivity contribution >= 4 is 30.8 Å². The number of rotatable bonds is 7. The van der Waals surface area contributed by atoms with Gasteiger partial charge in [-0.1, -0.05) is 6.92 Å². The number of nitrogen functional groups attached to an aromatic ring is 1. The highest BCUT2D eigenvalue weighted by atomic mass is 31.2. The molecule has 0 saturated carbocycles. The summed E-state index contributed by atoms with van der Waals surface area (Å²) < 4.78 is 42.3. The molecule has 2 aliphatic rings. The van der Waals surface area contributed by atoms with Crippen LogP contribution in [0.3, 0.4) is 0 Å². The van der Waals surface area contributed by atoms with E-state index in [1.807, 2.05) is 0 Å². The molecule has 4 rings (SSSR count). The van der Waals surface area contributed by atoms with Crippen LogP contribution < -0.4 is 5.73 Å². The quantitative estimate of drug-likeness (QED) is 0.470. The van der Waals surface area contributed by atoms with Gasteiger partial charge in [-0.25, -0.2) is 19.5 Å². The average Bonchev–Trinajstić information content (AvgIpc) is 3.30. The van der Waals surface area contributed by atoms with Crippen LogP contribution in [0.25, 0.3) is 11.2 Å². The first-order chi connectivity index (χ1) is 15.1. The second-order valence-corrected chi connectivity index (χ2v) is 9.86. The number of imidazole rings is 1. The standard InChI is InChI=1S/C19H28N5O7P/c1-10(2)29-19(25)11(3)5-6-27-32(26)28-8-14-13(31-32)7-15(30-14)24-9-21-16-17(20)22-12(4)23-18(16)24/h9-11,13-15H,5-8H2,1-4H3,(H2,20,22,23)/t11-,13-,14+,15+,32+/m0/s1. The summed E-state index contributed by atoms with van der Waals surface area (Å²) in [4.78, 5) is 24.7. The molecule has 5 atom stereocenters. The Morgan fingerprint density at radius 2 is 2.12 bits per heavy atom. The molecule has 0 radical (unpaired) electrons. The molecule has 0 spiro atoms. The minimum Gasteiger partial charge on any atom is -0.463 e. The van der Waals surface area contributed by atoms with Crippen LogP contribution in [0.2, 0.25) is 0 Å². The number of phosphoric ester groups is 1. The molecule has 176 valence electrons. The normalized spacial score (nSPS) is 28.7. The number of ether oxygens (including phenoxy) is 2. The Bertz CT molecular complexity index is 1040. The van der Waals surface area contributed by atoms with Gasteiger partial charge < -0.3 is 15.2 Å². The van der Waals surface area contributed by atoms with E-state index in [1.165, 1.54) is 0 Å². The molecule has 12 nitrogen and oxygen atoms in total. The molecule has 0 amide bonds. The number of aromatic nitrogens is 4. The molecule has 0 aromatic carbocycles. The molecule has 0 aliphatic carbocycles. The molecule has 32 heavy (non-hydrogen) atoms. The monoisotopic (exact) mass is 469 g/mol. The number of phosphoric acid groups is 1. The fourth-order valence-corrected chi connectivity index (χ4v) is 5.04. The zero-order chi connectivity index (χ0) is 23.0. The SMILES string of the molecule is Cc1nc(N)c2ncn([C@H]3C[C@@H]4O[P@](=O)(OCC[C@H](C)C(=O)OC(C)C)OC[C@H]4O3)c2n1. The summed E-state index contributed by atoms with van der Waals surface area (Å²) in [6.07, 6.45) is 0.796. The number of aryl methyl sites for hydroxylation is 1. The number of hydrogen-bond donors (Lipinski definition) is 1. The maximum absolute atomic E-state index is 12.9. The highest BCUT2D eigenvalue weighted by Crippen LogP contribution is 2.56. The molecule has 2 saturated heterocycles. The van der Waals surface area contributed by atoms with Gasteiger partial charge in [-0.3, -0.25) is 22.9 Å². The molecular weight excluding hydrogens is 441 g/mol.